The number of hydrogen-bond donors (Lipinski definition) is 1. The maximum absolute atomic E-state index is 11.8. The molecule has 2 heterocycles. The number of nitrogens with zero attached hydrogens (tertiary/aromatic N) is 1. The van der Waals surface area contributed by atoms with Crippen molar-refractivity contribution in [3.63, 3.8) is 0 Å². The Morgan fingerprint density at radius 1 is 1.24 bits per heavy atom. The molecule has 0 radical (unpaired) electrons. The van der Waals surface area contributed by atoms with Gasteiger partial charge in [-0.2, -0.15) is 0 Å². The van der Waals surface area contributed by atoms with E-state index >= 15 is 0 Å². The van der Waals surface area contributed by atoms with Gasteiger partial charge in [0.05, 0.1) is 0 Å². The molecule has 6 heteroatoms. The van der Waals surface area contributed by atoms with Crippen LogP contribution in [0.25, 0.3) is 6.08 Å². The lowest BCUT2D eigenvalue weighted by Gasteiger charge is -2.01. The second-order valence-corrected chi connectivity index (χ2v) is 5.21. The highest BCUT2D eigenvalue weighted by molar-refractivity contribution is 9.10. The summed E-state index contributed by atoms with van der Waals surface area (Å²) in [5.41, 5.74) is 0.859. The maximum Gasteiger partial charge on any atom is 0.249 e. The third-order valence-electron chi connectivity index (χ3n) is 2.80. The molecule has 0 saturated carbocycles. The first-order valence-electron chi connectivity index (χ1n) is 6.21. The molecule has 0 fully saturated rings. The Hall–Kier alpha value is -2.34. The van der Waals surface area contributed by atoms with E-state index in [1.165, 1.54) is 6.08 Å². The van der Waals surface area contributed by atoms with E-state index < -0.39 is 0 Å². The second-order valence-electron chi connectivity index (χ2n) is 4.30. The normalized spacial score (nSPS) is 12.6. The second kappa shape index (κ2) is 5.97. The monoisotopic (exact) mass is 346 g/mol. The average Bonchev–Trinajstić information content (AvgIpc) is 2.95. The first-order valence-corrected chi connectivity index (χ1v) is 7.00. The number of fused-ring (bicyclic) bond motifs is 1. The largest absolute Gasteiger partial charge is 0.454 e. The molecule has 0 spiro atoms. The Morgan fingerprint density at radius 3 is 2.90 bits per heavy atom. The summed E-state index contributed by atoms with van der Waals surface area (Å²) in [5.74, 6) is 1.66. The minimum atomic E-state index is -0.248. The van der Waals surface area contributed by atoms with Crippen LogP contribution in [0.1, 0.15) is 5.56 Å². The van der Waals surface area contributed by atoms with Crippen LogP contribution in [0.4, 0.5) is 5.82 Å². The smallest absolute Gasteiger partial charge is 0.249 e. The van der Waals surface area contributed by atoms with Crippen molar-refractivity contribution in [3.05, 3.63) is 52.6 Å². The Labute approximate surface area is 129 Å². The van der Waals surface area contributed by atoms with Gasteiger partial charge in [0.1, 0.15) is 5.82 Å². The number of ether oxygens (including phenoxy) is 2. The van der Waals surface area contributed by atoms with Gasteiger partial charge in [-0.3, -0.25) is 4.79 Å². The van der Waals surface area contributed by atoms with Gasteiger partial charge in [-0.1, -0.05) is 6.07 Å². The summed E-state index contributed by atoms with van der Waals surface area (Å²) in [7, 11) is 0. The van der Waals surface area contributed by atoms with Crippen molar-refractivity contribution in [2.24, 2.45) is 0 Å². The van der Waals surface area contributed by atoms with Crippen LogP contribution >= 0.6 is 15.9 Å². The van der Waals surface area contributed by atoms with E-state index in [1.54, 1.807) is 18.3 Å². The Bertz CT molecular complexity index is 699. The third-order valence-corrected chi connectivity index (χ3v) is 3.27. The zero-order valence-corrected chi connectivity index (χ0v) is 12.5. The van der Waals surface area contributed by atoms with E-state index in [2.05, 4.69) is 26.2 Å². The third kappa shape index (κ3) is 3.41. The highest BCUT2D eigenvalue weighted by Gasteiger charge is 2.12. The summed E-state index contributed by atoms with van der Waals surface area (Å²) in [5, 5.41) is 2.68. The standard InChI is InChI=1S/C15H11BrN2O3/c16-11-3-5-14(17-8-11)18-15(19)6-2-10-1-4-12-13(7-10)21-9-20-12/h1-8H,9H2,(H,17,18,19). The average molecular weight is 347 g/mol. The summed E-state index contributed by atoms with van der Waals surface area (Å²) < 4.78 is 11.4. The molecule has 1 aromatic carbocycles. The van der Waals surface area contributed by atoms with Crippen LogP contribution in [0.15, 0.2) is 47.1 Å². The van der Waals surface area contributed by atoms with E-state index in [0.29, 0.717) is 11.6 Å². The van der Waals surface area contributed by atoms with E-state index in [0.717, 1.165) is 15.8 Å². The topological polar surface area (TPSA) is 60.5 Å². The lowest BCUT2D eigenvalue weighted by molar-refractivity contribution is -0.111. The van der Waals surface area contributed by atoms with E-state index in [9.17, 15) is 4.79 Å². The number of benzene rings is 1. The van der Waals surface area contributed by atoms with Gasteiger partial charge in [0.15, 0.2) is 11.5 Å². The lowest BCUT2D eigenvalue weighted by atomic mass is 10.2. The van der Waals surface area contributed by atoms with Crippen molar-refractivity contribution >= 4 is 33.7 Å². The number of amides is 1. The van der Waals surface area contributed by atoms with Crippen LogP contribution in [0, 0.1) is 0 Å². The molecular weight excluding hydrogens is 336 g/mol. The van der Waals surface area contributed by atoms with Gasteiger partial charge < -0.3 is 14.8 Å². The van der Waals surface area contributed by atoms with Crippen LogP contribution in [-0.4, -0.2) is 17.7 Å². The first-order chi connectivity index (χ1) is 10.2. The molecule has 0 aliphatic carbocycles. The Kier molecular flexibility index (Phi) is 3.87. The number of halogens is 1. The van der Waals surface area contributed by atoms with Crippen LogP contribution in [-0.2, 0) is 4.79 Å². The fraction of sp³-hybridized carbons (Fsp3) is 0.0667. The molecule has 0 saturated heterocycles. The van der Waals surface area contributed by atoms with Gasteiger partial charge in [0.2, 0.25) is 12.7 Å². The van der Waals surface area contributed by atoms with Gasteiger partial charge in [0, 0.05) is 16.7 Å². The molecule has 0 bridgehead atoms. The SMILES string of the molecule is O=C(C=Cc1ccc2c(c1)OCO2)Nc1ccc(Br)cn1. The summed E-state index contributed by atoms with van der Waals surface area (Å²) in [4.78, 5) is 15.9. The Balaban J connectivity index is 1.65. The minimum Gasteiger partial charge on any atom is -0.454 e. The van der Waals surface area contributed by atoms with Crippen LogP contribution in [0.2, 0.25) is 0 Å². The molecule has 106 valence electrons. The molecule has 1 amide bonds. The van der Waals surface area contributed by atoms with Crippen LogP contribution in [0.5, 0.6) is 11.5 Å². The molecule has 1 aliphatic heterocycles. The number of anilines is 1. The molecule has 21 heavy (non-hydrogen) atoms. The number of carbonyl (C=O) groups excluding carboxylic acids is 1. The highest BCUT2D eigenvalue weighted by atomic mass is 79.9. The molecule has 1 aromatic heterocycles. The summed E-state index contributed by atoms with van der Waals surface area (Å²) in [6.07, 6.45) is 4.77. The molecule has 0 atom stereocenters. The van der Waals surface area contributed by atoms with Crippen molar-refractivity contribution < 1.29 is 14.3 Å². The number of rotatable bonds is 3. The van der Waals surface area contributed by atoms with E-state index in [4.69, 9.17) is 9.47 Å². The van der Waals surface area contributed by atoms with E-state index in [1.807, 2.05) is 24.3 Å². The van der Waals surface area contributed by atoms with Crippen LogP contribution in [0.3, 0.4) is 0 Å². The molecule has 0 unspecified atom stereocenters. The zero-order chi connectivity index (χ0) is 14.7. The summed E-state index contributed by atoms with van der Waals surface area (Å²) in [6.45, 7) is 0.234. The van der Waals surface area contributed by atoms with Gasteiger partial charge >= 0.3 is 0 Å². The quantitative estimate of drug-likeness (QED) is 0.866. The minimum absolute atomic E-state index is 0.234. The van der Waals surface area contributed by atoms with Gasteiger partial charge in [-0.15, -0.1) is 0 Å². The molecule has 2 aromatic rings. The molecule has 1 aliphatic rings. The van der Waals surface area contributed by atoms with Crippen molar-refractivity contribution in [3.8, 4) is 11.5 Å². The zero-order valence-electron chi connectivity index (χ0n) is 10.9. The summed E-state index contributed by atoms with van der Waals surface area (Å²) >= 11 is 3.29. The van der Waals surface area contributed by atoms with Crippen LogP contribution < -0.4 is 14.8 Å². The summed E-state index contributed by atoms with van der Waals surface area (Å²) in [6, 6.07) is 9.02. The Morgan fingerprint density at radius 2 is 2.10 bits per heavy atom. The van der Waals surface area contributed by atoms with Crippen molar-refractivity contribution in [1.29, 1.82) is 0 Å². The number of aromatic nitrogens is 1. The van der Waals surface area contributed by atoms with Crippen molar-refractivity contribution in [2.45, 2.75) is 0 Å². The molecule has 1 N–H and O–H groups in total. The number of pyridine rings is 1. The van der Waals surface area contributed by atoms with Crippen molar-refractivity contribution in [2.75, 3.05) is 12.1 Å². The maximum atomic E-state index is 11.8. The molecular formula is C15H11BrN2O3. The fourth-order valence-electron chi connectivity index (χ4n) is 1.81. The van der Waals surface area contributed by atoms with Gasteiger partial charge in [-0.05, 0) is 51.8 Å². The van der Waals surface area contributed by atoms with Crippen molar-refractivity contribution in [1.82, 2.24) is 4.98 Å². The fourth-order valence-corrected chi connectivity index (χ4v) is 2.04. The number of carbonyl (C=O) groups is 1. The molecule has 3 rings (SSSR count). The molecule has 5 nitrogen and oxygen atoms in total. The van der Waals surface area contributed by atoms with Gasteiger partial charge in [-0.25, -0.2) is 4.98 Å². The predicted octanol–water partition coefficient (Wildman–Crippen LogP) is 3.22. The van der Waals surface area contributed by atoms with Gasteiger partial charge in [0.25, 0.3) is 0 Å². The lowest BCUT2D eigenvalue weighted by Crippen LogP contribution is -2.08. The van der Waals surface area contributed by atoms with E-state index in [-0.39, 0.29) is 12.7 Å². The predicted molar refractivity (Wildman–Crippen MR) is 82.2 cm³/mol. The number of nitrogens with one attached hydrogen (secondary N) is 1. The first kappa shape index (κ1) is 13.6. The number of hydrogen-bond acceptors (Lipinski definition) is 4. The highest BCUT2D eigenvalue weighted by Crippen LogP contribution is 2.32.